The van der Waals surface area contributed by atoms with Gasteiger partial charge in [0.1, 0.15) is 22.8 Å². The van der Waals surface area contributed by atoms with Crippen LogP contribution in [0.4, 0.5) is 5.69 Å². The summed E-state index contributed by atoms with van der Waals surface area (Å²) in [6, 6.07) is 0.440. The maximum absolute atomic E-state index is 13.8. The van der Waals surface area contributed by atoms with Crippen LogP contribution in [0.3, 0.4) is 0 Å². The highest BCUT2D eigenvalue weighted by atomic mass is 16.3. The Labute approximate surface area is 207 Å². The van der Waals surface area contributed by atoms with Crippen molar-refractivity contribution < 1.29 is 39.6 Å². The molecule has 0 heterocycles. The first-order chi connectivity index (χ1) is 16.7. The number of hydrogen-bond acceptors (Lipinski definition) is 10. The van der Waals surface area contributed by atoms with Gasteiger partial charge in [-0.1, -0.05) is 0 Å². The minimum atomic E-state index is -2.71. The molecule has 1 aromatic rings. The zero-order valence-electron chi connectivity index (χ0n) is 20.6. The number of nitrogens with two attached hydrogens (primary N) is 1. The summed E-state index contributed by atoms with van der Waals surface area (Å²) in [6.07, 6.45) is 0.141. The van der Waals surface area contributed by atoms with E-state index >= 15 is 0 Å². The molecule has 1 aromatic carbocycles. The van der Waals surface area contributed by atoms with Crippen LogP contribution in [0.2, 0.25) is 0 Å². The lowest BCUT2D eigenvalue weighted by Gasteiger charge is -2.50. The normalized spacial score (nSPS) is 27.6. The van der Waals surface area contributed by atoms with E-state index in [1.807, 2.05) is 0 Å². The van der Waals surface area contributed by atoms with Gasteiger partial charge >= 0.3 is 0 Å². The van der Waals surface area contributed by atoms with Crippen molar-refractivity contribution in [3.05, 3.63) is 45.4 Å². The van der Waals surface area contributed by atoms with Crippen LogP contribution in [0.5, 0.6) is 5.75 Å². The number of Topliss-reactive ketones (excluding diaryl/α,β-unsaturated/α-hetero) is 3. The lowest BCUT2D eigenvalue weighted by molar-refractivity contribution is -0.148. The standard InChI is InChI=1S/C25H29N3O8/c1-9(29)11-8-14(27(2)3)12-6-10-7-13-18(28(4)5)21(32)17(24(26)35)23(34)25(13,36)22(33)15(10)20(31)16(12)19(11)30/h8,10,13,18,30,32-33,36H,6-7H2,1-5H3,(H2,26,35)/t10?,13?,18-,25-/m0/s1. The third kappa shape index (κ3) is 3.19. The number of hydrogen-bond donors (Lipinski definition) is 5. The number of anilines is 1. The Kier molecular flexibility index (Phi) is 5.76. The summed E-state index contributed by atoms with van der Waals surface area (Å²) in [6.45, 7) is 1.24. The second-order valence-corrected chi connectivity index (χ2v) is 10.1. The molecule has 192 valence electrons. The number of phenols is 1. The number of aromatic hydroxyl groups is 1. The predicted octanol–water partition coefficient (Wildman–Crippen LogP) is 0.389. The fourth-order valence-corrected chi connectivity index (χ4v) is 5.97. The second-order valence-electron chi connectivity index (χ2n) is 10.1. The topological polar surface area (TPSA) is 182 Å². The van der Waals surface area contributed by atoms with Gasteiger partial charge in [0.05, 0.1) is 17.2 Å². The van der Waals surface area contributed by atoms with Crippen LogP contribution >= 0.6 is 0 Å². The smallest absolute Gasteiger partial charge is 0.255 e. The molecule has 0 fully saturated rings. The van der Waals surface area contributed by atoms with Crippen LogP contribution in [0, 0.1) is 11.8 Å². The van der Waals surface area contributed by atoms with Gasteiger partial charge in [0.2, 0.25) is 5.78 Å². The van der Waals surface area contributed by atoms with Crippen LogP contribution in [0.1, 0.15) is 39.6 Å². The number of carbonyl (C=O) groups is 4. The molecule has 2 unspecified atom stereocenters. The number of aliphatic hydroxyl groups excluding tert-OH is 2. The number of benzene rings is 1. The van der Waals surface area contributed by atoms with E-state index in [1.165, 1.54) is 17.9 Å². The summed E-state index contributed by atoms with van der Waals surface area (Å²) >= 11 is 0. The minimum Gasteiger partial charge on any atom is -0.510 e. The van der Waals surface area contributed by atoms with Crippen molar-refractivity contribution in [1.82, 2.24) is 4.90 Å². The summed E-state index contributed by atoms with van der Waals surface area (Å²) in [7, 11) is 6.58. The molecule has 0 spiro atoms. The van der Waals surface area contributed by atoms with Crippen molar-refractivity contribution in [1.29, 1.82) is 0 Å². The molecule has 11 nitrogen and oxygen atoms in total. The first kappa shape index (κ1) is 25.4. The molecule has 3 aliphatic carbocycles. The number of rotatable bonds is 4. The van der Waals surface area contributed by atoms with Gasteiger partial charge in [-0.15, -0.1) is 0 Å². The van der Waals surface area contributed by atoms with Crippen molar-refractivity contribution in [2.45, 2.75) is 31.4 Å². The summed E-state index contributed by atoms with van der Waals surface area (Å²) in [5, 5.41) is 44.6. The summed E-state index contributed by atoms with van der Waals surface area (Å²) < 4.78 is 0. The molecule has 0 saturated carbocycles. The molecule has 3 aliphatic rings. The Hall–Kier alpha value is -3.70. The Morgan fingerprint density at radius 1 is 1.11 bits per heavy atom. The van der Waals surface area contributed by atoms with Crippen molar-refractivity contribution in [3.8, 4) is 5.75 Å². The van der Waals surface area contributed by atoms with E-state index in [0.29, 0.717) is 11.3 Å². The Bertz CT molecular complexity index is 1310. The number of fused-ring (bicyclic) bond motifs is 3. The first-order valence-corrected chi connectivity index (χ1v) is 11.4. The van der Waals surface area contributed by atoms with Gasteiger partial charge in [-0.2, -0.15) is 0 Å². The summed E-state index contributed by atoms with van der Waals surface area (Å²) in [5.41, 5.74) is 2.21. The Morgan fingerprint density at radius 2 is 1.72 bits per heavy atom. The van der Waals surface area contributed by atoms with E-state index in [0.717, 1.165) is 0 Å². The number of amides is 1. The molecular formula is C25H29N3O8. The van der Waals surface area contributed by atoms with Gasteiger partial charge in [0.25, 0.3) is 5.91 Å². The molecule has 4 atom stereocenters. The molecule has 0 saturated heterocycles. The van der Waals surface area contributed by atoms with Gasteiger partial charge < -0.3 is 31.1 Å². The third-order valence-corrected chi connectivity index (χ3v) is 7.56. The fraction of sp³-hybridized carbons (Fsp3) is 0.440. The summed E-state index contributed by atoms with van der Waals surface area (Å²) in [4.78, 5) is 54.5. The molecule has 0 aliphatic heterocycles. The maximum atomic E-state index is 13.8. The zero-order chi connectivity index (χ0) is 27.0. The first-order valence-electron chi connectivity index (χ1n) is 11.4. The number of phenolic OH excluding ortho intramolecular Hbond substituents is 1. The highest BCUT2D eigenvalue weighted by Gasteiger charge is 2.63. The number of primary amides is 1. The molecule has 0 bridgehead atoms. The molecule has 0 radical (unpaired) electrons. The molecule has 6 N–H and O–H groups in total. The maximum Gasteiger partial charge on any atom is 0.255 e. The zero-order valence-corrected chi connectivity index (χ0v) is 20.6. The van der Waals surface area contributed by atoms with Gasteiger partial charge in [-0.25, -0.2) is 0 Å². The summed E-state index contributed by atoms with van der Waals surface area (Å²) in [5.74, 6) is -7.78. The van der Waals surface area contributed by atoms with Crippen LogP contribution in [-0.4, -0.2) is 88.4 Å². The number of carbonyl (C=O) groups excluding carboxylic acids is 4. The van der Waals surface area contributed by atoms with Crippen LogP contribution in [-0.2, 0) is 16.0 Å². The van der Waals surface area contributed by atoms with E-state index < -0.39 is 69.6 Å². The average molecular weight is 500 g/mol. The van der Waals surface area contributed by atoms with E-state index in [9.17, 15) is 39.6 Å². The predicted molar refractivity (Wildman–Crippen MR) is 128 cm³/mol. The number of aliphatic hydroxyl groups is 3. The quantitative estimate of drug-likeness (QED) is 0.287. The monoisotopic (exact) mass is 499 g/mol. The number of allylic oxidation sites excluding steroid dienone is 1. The van der Waals surface area contributed by atoms with E-state index in [2.05, 4.69) is 0 Å². The molecular weight excluding hydrogens is 470 g/mol. The van der Waals surface area contributed by atoms with Crippen LogP contribution < -0.4 is 10.6 Å². The number of nitrogens with zero attached hydrogens (tertiary/aromatic N) is 2. The van der Waals surface area contributed by atoms with Crippen LogP contribution in [0.15, 0.2) is 28.7 Å². The van der Waals surface area contributed by atoms with Crippen molar-refractivity contribution in [2.75, 3.05) is 33.1 Å². The fourth-order valence-electron chi connectivity index (χ4n) is 5.97. The largest absolute Gasteiger partial charge is 0.510 e. The van der Waals surface area contributed by atoms with Gasteiger partial charge in [0.15, 0.2) is 17.2 Å². The number of ketones is 3. The Morgan fingerprint density at radius 3 is 2.22 bits per heavy atom. The molecule has 4 rings (SSSR count). The van der Waals surface area contributed by atoms with Crippen molar-refractivity contribution in [3.63, 3.8) is 0 Å². The van der Waals surface area contributed by atoms with E-state index in [4.69, 9.17) is 5.73 Å². The molecule has 11 heteroatoms. The van der Waals surface area contributed by atoms with E-state index in [-0.39, 0.29) is 29.5 Å². The third-order valence-electron chi connectivity index (χ3n) is 7.56. The SMILES string of the molecule is CC(=O)c1cc(N(C)C)c2c(c1O)C(=O)C1=C(O)[C@]3(O)C(=O)C(C(N)=O)=C(O)[C@@H](N(C)C)C3CC1C2. The van der Waals surface area contributed by atoms with Gasteiger partial charge in [-0.3, -0.25) is 24.1 Å². The molecule has 1 amide bonds. The van der Waals surface area contributed by atoms with Gasteiger partial charge in [0, 0.05) is 31.3 Å². The lowest BCUT2D eigenvalue weighted by Crippen LogP contribution is -2.63. The Balaban J connectivity index is 2.01. The highest BCUT2D eigenvalue weighted by molar-refractivity contribution is 6.25. The van der Waals surface area contributed by atoms with Crippen LogP contribution in [0.25, 0.3) is 0 Å². The highest BCUT2D eigenvalue weighted by Crippen LogP contribution is 2.53. The minimum absolute atomic E-state index is 0.00610. The van der Waals surface area contributed by atoms with Crippen molar-refractivity contribution in [2.24, 2.45) is 17.6 Å². The van der Waals surface area contributed by atoms with Crippen molar-refractivity contribution >= 4 is 28.9 Å². The molecule has 0 aromatic heterocycles. The lowest BCUT2D eigenvalue weighted by atomic mass is 9.58. The van der Waals surface area contributed by atoms with E-state index in [1.54, 1.807) is 33.1 Å². The van der Waals surface area contributed by atoms with Gasteiger partial charge in [-0.05, 0) is 51.4 Å². The average Bonchev–Trinajstić information content (AvgIpc) is 2.75. The number of likely N-dealkylation sites (N-methyl/N-ethyl adjacent to an activating group) is 1. The second kappa shape index (κ2) is 8.17. The molecule has 36 heavy (non-hydrogen) atoms.